The maximum atomic E-state index is 13.3. The highest BCUT2D eigenvalue weighted by Gasteiger charge is 2.30. The van der Waals surface area contributed by atoms with Crippen molar-refractivity contribution in [1.29, 1.82) is 0 Å². The standard InChI is InChI=1S/C20H22N4O3S2/c1-2-15-5-6-17-18(12-15)28-19(22-17)24(14-16-4-3-7-21-13-16)20(25)23-8-10-29(26,27)11-9-23/h3-7,12-13H,2,8-11,14H2,1H3. The van der Waals surface area contributed by atoms with E-state index in [2.05, 4.69) is 29.0 Å². The van der Waals surface area contributed by atoms with Crippen LogP contribution in [0.3, 0.4) is 0 Å². The second kappa shape index (κ2) is 8.08. The average Bonchev–Trinajstić information content (AvgIpc) is 3.15. The Hall–Kier alpha value is -2.52. The summed E-state index contributed by atoms with van der Waals surface area (Å²) in [6.45, 7) is 2.84. The van der Waals surface area contributed by atoms with E-state index in [1.165, 1.54) is 16.9 Å². The lowest BCUT2D eigenvalue weighted by atomic mass is 10.2. The van der Waals surface area contributed by atoms with Crippen LogP contribution in [0.15, 0.2) is 42.7 Å². The molecular weight excluding hydrogens is 408 g/mol. The molecule has 2 aromatic heterocycles. The van der Waals surface area contributed by atoms with Crippen molar-refractivity contribution in [3.63, 3.8) is 0 Å². The number of carbonyl (C=O) groups excluding carboxylic acids is 1. The predicted molar refractivity (Wildman–Crippen MR) is 115 cm³/mol. The molecule has 0 spiro atoms. The second-order valence-electron chi connectivity index (χ2n) is 7.02. The molecule has 0 aliphatic carbocycles. The molecule has 152 valence electrons. The molecule has 1 aromatic carbocycles. The summed E-state index contributed by atoms with van der Waals surface area (Å²) in [5.74, 6) is -0.00163. The Balaban J connectivity index is 1.67. The zero-order valence-electron chi connectivity index (χ0n) is 16.1. The number of hydrogen-bond donors (Lipinski definition) is 0. The Bertz CT molecular complexity index is 1120. The van der Waals surface area contributed by atoms with Crippen molar-refractivity contribution in [3.05, 3.63) is 53.9 Å². The van der Waals surface area contributed by atoms with E-state index in [0.717, 1.165) is 22.2 Å². The normalized spacial score (nSPS) is 16.1. The highest BCUT2D eigenvalue weighted by atomic mass is 32.2. The number of benzene rings is 1. The summed E-state index contributed by atoms with van der Waals surface area (Å²) in [4.78, 5) is 25.4. The quantitative estimate of drug-likeness (QED) is 0.635. The van der Waals surface area contributed by atoms with Crippen molar-refractivity contribution < 1.29 is 13.2 Å². The van der Waals surface area contributed by atoms with Crippen molar-refractivity contribution in [2.24, 2.45) is 0 Å². The summed E-state index contributed by atoms with van der Waals surface area (Å²) >= 11 is 1.47. The number of amides is 2. The fourth-order valence-corrected chi connectivity index (χ4v) is 5.48. The van der Waals surface area contributed by atoms with Crippen molar-refractivity contribution in [1.82, 2.24) is 14.9 Å². The maximum absolute atomic E-state index is 13.3. The summed E-state index contributed by atoms with van der Waals surface area (Å²) < 4.78 is 24.5. The van der Waals surface area contributed by atoms with Crippen LogP contribution in [0.5, 0.6) is 0 Å². The third-order valence-corrected chi connectivity index (χ3v) is 7.64. The molecule has 1 aliphatic rings. The Labute approximate surface area is 173 Å². The first-order chi connectivity index (χ1) is 13.9. The van der Waals surface area contributed by atoms with E-state index in [0.29, 0.717) is 11.7 Å². The van der Waals surface area contributed by atoms with Gasteiger partial charge in [-0.3, -0.25) is 9.88 Å². The number of hydrogen-bond acceptors (Lipinski definition) is 6. The van der Waals surface area contributed by atoms with Gasteiger partial charge >= 0.3 is 6.03 Å². The van der Waals surface area contributed by atoms with Crippen molar-refractivity contribution in [2.75, 3.05) is 29.5 Å². The van der Waals surface area contributed by atoms with Gasteiger partial charge in [0.1, 0.15) is 0 Å². The van der Waals surface area contributed by atoms with Crippen LogP contribution in [0.4, 0.5) is 9.93 Å². The molecule has 1 saturated heterocycles. The Morgan fingerprint density at radius 3 is 2.69 bits per heavy atom. The van der Waals surface area contributed by atoms with Gasteiger partial charge in [-0.15, -0.1) is 0 Å². The van der Waals surface area contributed by atoms with Crippen LogP contribution in [-0.4, -0.2) is 53.9 Å². The zero-order valence-corrected chi connectivity index (χ0v) is 17.7. The van der Waals surface area contributed by atoms with Crippen molar-refractivity contribution in [3.8, 4) is 0 Å². The number of aryl methyl sites for hydroxylation is 1. The molecule has 1 aliphatic heterocycles. The topological polar surface area (TPSA) is 83.5 Å². The van der Waals surface area contributed by atoms with Gasteiger partial charge in [0.15, 0.2) is 15.0 Å². The van der Waals surface area contributed by atoms with Crippen LogP contribution < -0.4 is 4.90 Å². The largest absolute Gasteiger partial charge is 0.326 e. The average molecular weight is 431 g/mol. The van der Waals surface area contributed by atoms with Crippen molar-refractivity contribution >= 4 is 42.6 Å². The summed E-state index contributed by atoms with van der Waals surface area (Å²) in [6.07, 6.45) is 4.35. The molecule has 29 heavy (non-hydrogen) atoms. The highest BCUT2D eigenvalue weighted by Crippen LogP contribution is 2.31. The summed E-state index contributed by atoms with van der Waals surface area (Å²) in [7, 11) is -3.06. The number of aromatic nitrogens is 2. The second-order valence-corrected chi connectivity index (χ2v) is 10.3. The van der Waals surface area contributed by atoms with Gasteiger partial charge in [-0.05, 0) is 35.7 Å². The third-order valence-electron chi connectivity index (χ3n) is 4.99. The molecule has 0 saturated carbocycles. The maximum Gasteiger partial charge on any atom is 0.326 e. The SMILES string of the molecule is CCc1ccc2nc(N(Cc3cccnc3)C(=O)N3CCS(=O)(=O)CC3)sc2c1. The number of urea groups is 1. The molecule has 0 bridgehead atoms. The predicted octanol–water partition coefficient (Wildman–Crippen LogP) is 3.11. The van der Waals surface area contributed by atoms with Crippen LogP contribution in [-0.2, 0) is 22.8 Å². The van der Waals surface area contributed by atoms with Gasteiger partial charge in [-0.2, -0.15) is 0 Å². The number of nitrogens with zero attached hydrogens (tertiary/aromatic N) is 4. The van der Waals surface area contributed by atoms with E-state index in [4.69, 9.17) is 0 Å². The lowest BCUT2D eigenvalue weighted by molar-refractivity contribution is 0.208. The van der Waals surface area contributed by atoms with Crippen LogP contribution in [0.25, 0.3) is 10.2 Å². The fraction of sp³-hybridized carbons (Fsp3) is 0.350. The Kier molecular flexibility index (Phi) is 5.51. The molecular formula is C20H22N4O3S2. The smallest absolute Gasteiger partial charge is 0.322 e. The third kappa shape index (κ3) is 4.40. The lowest BCUT2D eigenvalue weighted by Crippen LogP contribution is -2.49. The van der Waals surface area contributed by atoms with Gasteiger partial charge in [-0.25, -0.2) is 18.2 Å². The van der Waals surface area contributed by atoms with Crippen LogP contribution in [0, 0.1) is 0 Å². The molecule has 0 radical (unpaired) electrons. The molecule has 9 heteroatoms. The number of sulfone groups is 1. The summed E-state index contributed by atoms with van der Waals surface area (Å²) in [6, 6.07) is 9.66. The number of pyridine rings is 1. The van der Waals surface area contributed by atoms with E-state index in [1.807, 2.05) is 18.2 Å². The molecule has 3 aromatic rings. The van der Waals surface area contributed by atoms with Gasteiger partial charge < -0.3 is 4.90 Å². The number of thiazole rings is 1. The Morgan fingerprint density at radius 1 is 1.21 bits per heavy atom. The van der Waals surface area contributed by atoms with Gasteiger partial charge in [0.05, 0.1) is 28.3 Å². The summed E-state index contributed by atoms with van der Waals surface area (Å²) in [5.41, 5.74) is 2.96. The minimum atomic E-state index is -3.06. The van der Waals surface area contributed by atoms with Gasteiger partial charge in [0, 0.05) is 25.5 Å². The number of fused-ring (bicyclic) bond motifs is 1. The van der Waals surface area contributed by atoms with E-state index in [1.54, 1.807) is 22.2 Å². The zero-order chi connectivity index (χ0) is 20.4. The van der Waals surface area contributed by atoms with E-state index in [9.17, 15) is 13.2 Å². The van der Waals surface area contributed by atoms with Crippen LogP contribution in [0.1, 0.15) is 18.1 Å². The van der Waals surface area contributed by atoms with Crippen LogP contribution in [0.2, 0.25) is 0 Å². The van der Waals surface area contributed by atoms with E-state index >= 15 is 0 Å². The minimum Gasteiger partial charge on any atom is -0.322 e. The molecule has 0 atom stereocenters. The fourth-order valence-electron chi connectivity index (χ4n) is 3.26. The highest BCUT2D eigenvalue weighted by molar-refractivity contribution is 7.91. The molecule has 3 heterocycles. The first kappa shape index (κ1) is 19.8. The number of anilines is 1. The molecule has 1 fully saturated rings. The number of rotatable bonds is 4. The molecule has 2 amide bonds. The molecule has 4 rings (SSSR count). The van der Waals surface area contributed by atoms with Gasteiger partial charge in [-0.1, -0.05) is 30.4 Å². The molecule has 7 nitrogen and oxygen atoms in total. The lowest BCUT2D eigenvalue weighted by Gasteiger charge is -2.31. The molecule has 0 N–H and O–H groups in total. The minimum absolute atomic E-state index is 0.000816. The molecule has 0 unspecified atom stereocenters. The van der Waals surface area contributed by atoms with E-state index in [-0.39, 0.29) is 30.6 Å². The van der Waals surface area contributed by atoms with Crippen molar-refractivity contribution in [2.45, 2.75) is 19.9 Å². The monoisotopic (exact) mass is 430 g/mol. The first-order valence-electron chi connectivity index (χ1n) is 9.50. The van der Waals surface area contributed by atoms with Gasteiger partial charge in [0.25, 0.3) is 0 Å². The number of carbonyl (C=O) groups is 1. The van der Waals surface area contributed by atoms with Crippen LogP contribution >= 0.6 is 11.3 Å². The first-order valence-corrected chi connectivity index (χ1v) is 12.1. The summed E-state index contributed by atoms with van der Waals surface area (Å²) in [5, 5.41) is 0.607. The van der Waals surface area contributed by atoms with Gasteiger partial charge in [0.2, 0.25) is 0 Å². The Morgan fingerprint density at radius 2 is 2.00 bits per heavy atom. The van der Waals surface area contributed by atoms with E-state index < -0.39 is 9.84 Å².